The van der Waals surface area contributed by atoms with Crippen molar-refractivity contribution in [3.8, 4) is 0 Å². The zero-order valence-electron chi connectivity index (χ0n) is 18.4. The van der Waals surface area contributed by atoms with Crippen molar-refractivity contribution in [2.24, 2.45) is 5.92 Å². The van der Waals surface area contributed by atoms with E-state index in [-0.39, 0.29) is 18.0 Å². The van der Waals surface area contributed by atoms with E-state index < -0.39 is 6.10 Å². The van der Waals surface area contributed by atoms with Crippen LogP contribution in [0.3, 0.4) is 0 Å². The van der Waals surface area contributed by atoms with Crippen LogP contribution >= 0.6 is 23.2 Å². The SMILES string of the molecule is CC1=C(C(=O)N[C@@H]2CCCC[C@H]2O)CC(c2ccc(Cl)cc2Cl)N1CC1CCCCC1. The Hall–Kier alpha value is -1.23. The fraction of sp³-hybridized carbons (Fsp3) is 0.640. The minimum atomic E-state index is -0.445. The molecule has 31 heavy (non-hydrogen) atoms. The average Bonchev–Trinajstić information content (AvgIpc) is 3.07. The molecule has 0 saturated heterocycles. The summed E-state index contributed by atoms with van der Waals surface area (Å²) in [6.07, 6.45) is 10.3. The summed E-state index contributed by atoms with van der Waals surface area (Å²) in [5, 5.41) is 14.7. The molecule has 2 saturated carbocycles. The molecule has 3 atom stereocenters. The van der Waals surface area contributed by atoms with E-state index in [0.29, 0.717) is 22.4 Å². The molecule has 1 unspecified atom stereocenters. The predicted molar refractivity (Wildman–Crippen MR) is 126 cm³/mol. The van der Waals surface area contributed by atoms with Gasteiger partial charge in [-0.3, -0.25) is 4.79 Å². The molecule has 6 heteroatoms. The molecule has 2 fully saturated rings. The summed E-state index contributed by atoms with van der Waals surface area (Å²) in [5.41, 5.74) is 2.90. The number of aliphatic hydroxyl groups is 1. The van der Waals surface area contributed by atoms with E-state index in [2.05, 4.69) is 17.1 Å². The third kappa shape index (κ3) is 5.23. The summed E-state index contributed by atoms with van der Waals surface area (Å²) < 4.78 is 0. The lowest BCUT2D eigenvalue weighted by molar-refractivity contribution is -0.119. The minimum Gasteiger partial charge on any atom is -0.391 e. The van der Waals surface area contributed by atoms with Crippen LogP contribution in [0.25, 0.3) is 0 Å². The van der Waals surface area contributed by atoms with Gasteiger partial charge in [-0.1, -0.05) is 61.4 Å². The van der Waals surface area contributed by atoms with Gasteiger partial charge < -0.3 is 15.3 Å². The van der Waals surface area contributed by atoms with Gasteiger partial charge >= 0.3 is 0 Å². The Kier molecular flexibility index (Phi) is 7.51. The van der Waals surface area contributed by atoms with Gasteiger partial charge in [0.25, 0.3) is 0 Å². The normalized spacial score (nSPS) is 27.6. The first-order valence-electron chi connectivity index (χ1n) is 11.8. The molecule has 1 amide bonds. The van der Waals surface area contributed by atoms with Crippen molar-refractivity contribution >= 4 is 29.1 Å². The van der Waals surface area contributed by atoms with Crippen molar-refractivity contribution in [3.05, 3.63) is 45.1 Å². The fourth-order valence-electron chi connectivity index (χ4n) is 5.61. The summed E-state index contributed by atoms with van der Waals surface area (Å²) in [6, 6.07) is 5.58. The molecular weight excluding hydrogens is 431 g/mol. The van der Waals surface area contributed by atoms with Gasteiger partial charge in [0.05, 0.1) is 18.2 Å². The van der Waals surface area contributed by atoms with Crippen LogP contribution in [0.1, 0.15) is 82.7 Å². The lowest BCUT2D eigenvalue weighted by Crippen LogP contribution is -2.45. The lowest BCUT2D eigenvalue weighted by Gasteiger charge is -2.34. The maximum Gasteiger partial charge on any atom is 0.249 e. The predicted octanol–water partition coefficient (Wildman–Crippen LogP) is 6.01. The molecular formula is C25H34Cl2N2O2. The summed E-state index contributed by atoms with van der Waals surface area (Å²) in [4.78, 5) is 15.7. The van der Waals surface area contributed by atoms with E-state index in [9.17, 15) is 9.90 Å². The van der Waals surface area contributed by atoms with Crippen molar-refractivity contribution in [1.29, 1.82) is 0 Å². The third-order valence-corrected chi connectivity index (χ3v) is 8.02. The summed E-state index contributed by atoms with van der Waals surface area (Å²) in [6.45, 7) is 3.02. The van der Waals surface area contributed by atoms with Crippen LogP contribution in [0, 0.1) is 5.92 Å². The molecule has 1 aromatic rings. The molecule has 0 radical (unpaired) electrons. The quantitative estimate of drug-likeness (QED) is 0.560. The van der Waals surface area contributed by atoms with Gasteiger partial charge in [-0.2, -0.15) is 0 Å². The standard InChI is InChI=1S/C25H34Cl2N2O2/c1-16-20(25(31)28-22-9-5-6-10-24(22)30)14-23(19-12-11-18(26)13-21(19)27)29(16)15-17-7-3-2-4-8-17/h11-13,17,22-24,30H,2-10,14-15H2,1H3,(H,28,31)/t22-,23?,24-/m1/s1. The highest BCUT2D eigenvalue weighted by atomic mass is 35.5. The number of benzene rings is 1. The van der Waals surface area contributed by atoms with Crippen LogP contribution in [0.4, 0.5) is 0 Å². The Morgan fingerprint density at radius 2 is 1.81 bits per heavy atom. The van der Waals surface area contributed by atoms with Gasteiger partial charge in [-0.25, -0.2) is 0 Å². The number of nitrogens with one attached hydrogen (secondary N) is 1. The van der Waals surface area contributed by atoms with Gasteiger partial charge in [-0.15, -0.1) is 0 Å². The molecule has 3 aliphatic rings. The average molecular weight is 465 g/mol. The highest BCUT2D eigenvalue weighted by Crippen LogP contribution is 2.43. The Labute approximate surface area is 196 Å². The smallest absolute Gasteiger partial charge is 0.249 e. The largest absolute Gasteiger partial charge is 0.391 e. The molecule has 2 N–H and O–H groups in total. The fourth-order valence-corrected chi connectivity index (χ4v) is 6.15. The van der Waals surface area contributed by atoms with Gasteiger partial charge in [0.1, 0.15) is 0 Å². The molecule has 0 spiro atoms. The van der Waals surface area contributed by atoms with Crippen molar-refractivity contribution in [2.45, 2.75) is 89.3 Å². The zero-order valence-corrected chi connectivity index (χ0v) is 19.9. The second-order valence-corrected chi connectivity index (χ2v) is 10.4. The molecule has 1 aliphatic heterocycles. The van der Waals surface area contributed by atoms with Gasteiger partial charge in [0.15, 0.2) is 0 Å². The minimum absolute atomic E-state index is 0.0373. The topological polar surface area (TPSA) is 52.6 Å². The summed E-state index contributed by atoms with van der Waals surface area (Å²) in [7, 11) is 0. The van der Waals surface area contributed by atoms with E-state index in [0.717, 1.165) is 49.1 Å². The first-order valence-corrected chi connectivity index (χ1v) is 12.6. The zero-order chi connectivity index (χ0) is 22.0. The molecule has 4 rings (SSSR count). The Bertz CT molecular complexity index is 835. The van der Waals surface area contributed by atoms with Gasteiger partial charge in [0, 0.05) is 34.3 Å². The van der Waals surface area contributed by atoms with Gasteiger partial charge in [-0.05, 0) is 56.2 Å². The van der Waals surface area contributed by atoms with Crippen molar-refractivity contribution < 1.29 is 9.90 Å². The number of hydrogen-bond donors (Lipinski definition) is 2. The molecule has 4 nitrogen and oxygen atoms in total. The summed E-state index contributed by atoms with van der Waals surface area (Å²) in [5.74, 6) is 0.615. The lowest BCUT2D eigenvalue weighted by atomic mass is 9.88. The van der Waals surface area contributed by atoms with E-state index in [4.69, 9.17) is 23.2 Å². The first kappa shape index (κ1) is 22.9. The number of amides is 1. The monoisotopic (exact) mass is 464 g/mol. The number of allylic oxidation sites excluding steroid dienone is 1. The second kappa shape index (κ2) is 10.1. The number of rotatable bonds is 5. The van der Waals surface area contributed by atoms with Crippen LogP contribution < -0.4 is 5.32 Å². The first-order chi connectivity index (χ1) is 14.9. The van der Waals surface area contributed by atoms with Crippen molar-refractivity contribution in [1.82, 2.24) is 10.2 Å². The number of carbonyl (C=O) groups is 1. The van der Waals surface area contributed by atoms with E-state index >= 15 is 0 Å². The van der Waals surface area contributed by atoms with Crippen molar-refractivity contribution in [2.75, 3.05) is 6.54 Å². The Balaban J connectivity index is 1.57. The van der Waals surface area contributed by atoms with Gasteiger partial charge in [0.2, 0.25) is 5.91 Å². The summed E-state index contributed by atoms with van der Waals surface area (Å²) >= 11 is 12.8. The molecule has 0 aromatic heterocycles. The molecule has 0 bridgehead atoms. The molecule has 1 heterocycles. The molecule has 170 valence electrons. The van der Waals surface area contributed by atoms with Crippen LogP contribution in [0.2, 0.25) is 10.0 Å². The highest BCUT2D eigenvalue weighted by Gasteiger charge is 2.37. The van der Waals surface area contributed by atoms with E-state index in [1.54, 1.807) is 6.07 Å². The van der Waals surface area contributed by atoms with Crippen LogP contribution in [-0.2, 0) is 4.79 Å². The molecule has 2 aliphatic carbocycles. The van der Waals surface area contributed by atoms with E-state index in [1.807, 2.05) is 12.1 Å². The second-order valence-electron chi connectivity index (χ2n) is 9.54. The van der Waals surface area contributed by atoms with Crippen molar-refractivity contribution in [3.63, 3.8) is 0 Å². The number of aliphatic hydroxyl groups excluding tert-OH is 1. The highest BCUT2D eigenvalue weighted by molar-refractivity contribution is 6.35. The number of hydrogen-bond acceptors (Lipinski definition) is 3. The Morgan fingerprint density at radius 1 is 1.10 bits per heavy atom. The maximum absolute atomic E-state index is 13.3. The number of carbonyl (C=O) groups excluding carboxylic acids is 1. The third-order valence-electron chi connectivity index (χ3n) is 7.46. The molecule has 1 aromatic carbocycles. The number of halogens is 2. The van der Waals surface area contributed by atoms with E-state index in [1.165, 1.54) is 32.1 Å². The van der Waals surface area contributed by atoms with Crippen LogP contribution in [-0.4, -0.2) is 34.6 Å². The maximum atomic E-state index is 13.3. The number of nitrogens with zero attached hydrogens (tertiary/aromatic N) is 1. The van der Waals surface area contributed by atoms with Crippen LogP contribution in [0.5, 0.6) is 0 Å². The van der Waals surface area contributed by atoms with Crippen LogP contribution in [0.15, 0.2) is 29.5 Å². The Morgan fingerprint density at radius 3 is 2.52 bits per heavy atom.